The van der Waals surface area contributed by atoms with Crippen LogP contribution in [0, 0.1) is 12.7 Å². The van der Waals surface area contributed by atoms with Gasteiger partial charge in [0.15, 0.2) is 0 Å². The number of amides is 1. The fourth-order valence-electron chi connectivity index (χ4n) is 2.30. The third kappa shape index (κ3) is 2.79. The lowest BCUT2D eigenvalue weighted by Gasteiger charge is -2.08. The minimum absolute atomic E-state index is 0.181. The number of carbonyl (C=O) groups excluding carboxylic acids is 1. The Kier molecular flexibility index (Phi) is 3.44. The summed E-state index contributed by atoms with van der Waals surface area (Å²) in [5.74, 6) is -0.501. The molecule has 0 aliphatic heterocycles. The molecule has 0 fully saturated rings. The molecular formula is C17H15FN2O. The molecule has 1 aromatic heterocycles. The van der Waals surface area contributed by atoms with Crippen molar-refractivity contribution in [2.24, 2.45) is 0 Å². The molecule has 0 unspecified atom stereocenters. The van der Waals surface area contributed by atoms with Crippen molar-refractivity contribution in [3.05, 3.63) is 66.1 Å². The molecule has 0 atom stereocenters. The summed E-state index contributed by atoms with van der Waals surface area (Å²) in [6, 6.07) is 14.5. The minimum atomic E-state index is -0.320. The van der Waals surface area contributed by atoms with Gasteiger partial charge in [-0.1, -0.05) is 24.3 Å². The fourth-order valence-corrected chi connectivity index (χ4v) is 2.30. The number of halogens is 1. The Hall–Kier alpha value is -2.62. The molecular weight excluding hydrogens is 267 g/mol. The second kappa shape index (κ2) is 5.40. The summed E-state index contributed by atoms with van der Waals surface area (Å²) < 4.78 is 15.3. The van der Waals surface area contributed by atoms with Crippen molar-refractivity contribution in [2.45, 2.75) is 13.5 Å². The molecule has 0 saturated carbocycles. The molecule has 0 saturated heterocycles. The Morgan fingerprint density at radius 1 is 1.19 bits per heavy atom. The second-order valence-corrected chi connectivity index (χ2v) is 5.01. The predicted molar refractivity (Wildman–Crippen MR) is 81.7 cm³/mol. The van der Waals surface area contributed by atoms with E-state index >= 15 is 0 Å². The van der Waals surface area contributed by atoms with Crippen LogP contribution in [0.1, 0.15) is 5.56 Å². The number of benzene rings is 2. The van der Waals surface area contributed by atoms with Crippen molar-refractivity contribution in [1.29, 1.82) is 0 Å². The van der Waals surface area contributed by atoms with Gasteiger partial charge in [-0.25, -0.2) is 4.39 Å². The average molecular weight is 282 g/mol. The van der Waals surface area contributed by atoms with Gasteiger partial charge in [-0.3, -0.25) is 4.79 Å². The number of carbonyl (C=O) groups is 1. The van der Waals surface area contributed by atoms with E-state index in [2.05, 4.69) is 5.32 Å². The SMILES string of the molecule is Cc1ccc(NC(=O)Cn2ccc3ccccc32)cc1F. The van der Waals surface area contributed by atoms with Gasteiger partial charge in [-0.15, -0.1) is 0 Å². The Balaban J connectivity index is 1.75. The van der Waals surface area contributed by atoms with Gasteiger partial charge >= 0.3 is 0 Å². The Morgan fingerprint density at radius 3 is 2.81 bits per heavy atom. The second-order valence-electron chi connectivity index (χ2n) is 5.01. The number of hydrogen-bond donors (Lipinski definition) is 1. The summed E-state index contributed by atoms with van der Waals surface area (Å²) in [6.07, 6.45) is 1.87. The Morgan fingerprint density at radius 2 is 2.00 bits per heavy atom. The molecule has 0 spiro atoms. The molecule has 1 N–H and O–H groups in total. The van der Waals surface area contributed by atoms with E-state index in [1.165, 1.54) is 6.07 Å². The summed E-state index contributed by atoms with van der Waals surface area (Å²) in [5, 5.41) is 3.80. The molecule has 3 nitrogen and oxygen atoms in total. The van der Waals surface area contributed by atoms with E-state index in [4.69, 9.17) is 0 Å². The Labute approximate surface area is 122 Å². The highest BCUT2D eigenvalue weighted by molar-refractivity contribution is 5.92. The zero-order chi connectivity index (χ0) is 14.8. The van der Waals surface area contributed by atoms with Gasteiger partial charge in [-0.05, 0) is 42.1 Å². The van der Waals surface area contributed by atoms with Gasteiger partial charge in [0.05, 0.1) is 0 Å². The van der Waals surface area contributed by atoms with E-state index in [0.29, 0.717) is 11.3 Å². The van der Waals surface area contributed by atoms with Crippen molar-refractivity contribution in [2.75, 3.05) is 5.32 Å². The number of nitrogens with zero attached hydrogens (tertiary/aromatic N) is 1. The zero-order valence-electron chi connectivity index (χ0n) is 11.6. The first kappa shape index (κ1) is 13.4. The van der Waals surface area contributed by atoms with Gasteiger partial charge in [0, 0.05) is 17.4 Å². The molecule has 21 heavy (non-hydrogen) atoms. The number of para-hydroxylation sites is 1. The van der Waals surface area contributed by atoms with Crippen LogP contribution in [0.2, 0.25) is 0 Å². The molecule has 4 heteroatoms. The first-order valence-corrected chi connectivity index (χ1v) is 6.73. The van der Waals surface area contributed by atoms with Gasteiger partial charge in [0.25, 0.3) is 0 Å². The first-order chi connectivity index (χ1) is 10.1. The maximum absolute atomic E-state index is 13.5. The molecule has 3 aromatic rings. The normalized spacial score (nSPS) is 10.8. The molecule has 1 heterocycles. The molecule has 0 bridgehead atoms. The maximum Gasteiger partial charge on any atom is 0.244 e. The minimum Gasteiger partial charge on any atom is -0.338 e. The number of fused-ring (bicyclic) bond motifs is 1. The largest absolute Gasteiger partial charge is 0.338 e. The van der Waals surface area contributed by atoms with E-state index in [0.717, 1.165) is 10.9 Å². The van der Waals surface area contributed by atoms with E-state index in [9.17, 15) is 9.18 Å². The maximum atomic E-state index is 13.5. The summed E-state index contributed by atoms with van der Waals surface area (Å²) >= 11 is 0. The molecule has 0 aliphatic rings. The molecule has 1 amide bonds. The quantitative estimate of drug-likeness (QED) is 0.780. The highest BCUT2D eigenvalue weighted by atomic mass is 19.1. The molecule has 3 rings (SSSR count). The highest BCUT2D eigenvalue weighted by Gasteiger charge is 2.07. The van der Waals surface area contributed by atoms with Gasteiger partial charge < -0.3 is 9.88 Å². The number of hydrogen-bond acceptors (Lipinski definition) is 1. The van der Waals surface area contributed by atoms with E-state index < -0.39 is 0 Å². The molecule has 0 radical (unpaired) electrons. The van der Waals surface area contributed by atoms with Crippen LogP contribution in [0.15, 0.2) is 54.7 Å². The van der Waals surface area contributed by atoms with Gasteiger partial charge in [0.2, 0.25) is 5.91 Å². The number of aryl methyl sites for hydroxylation is 1. The third-order valence-corrected chi connectivity index (χ3v) is 3.45. The zero-order valence-corrected chi connectivity index (χ0v) is 11.6. The topological polar surface area (TPSA) is 34.0 Å². The fraction of sp³-hybridized carbons (Fsp3) is 0.118. The average Bonchev–Trinajstić information content (AvgIpc) is 2.86. The summed E-state index contributed by atoms with van der Waals surface area (Å²) in [6.45, 7) is 1.88. The summed E-state index contributed by atoms with van der Waals surface area (Å²) in [5.41, 5.74) is 2.03. The van der Waals surface area contributed by atoms with Gasteiger partial charge in [0.1, 0.15) is 12.4 Å². The van der Waals surface area contributed by atoms with Gasteiger partial charge in [-0.2, -0.15) is 0 Å². The lowest BCUT2D eigenvalue weighted by molar-refractivity contribution is -0.116. The summed E-state index contributed by atoms with van der Waals surface area (Å²) in [7, 11) is 0. The van der Waals surface area contributed by atoms with Crippen LogP contribution in [0.25, 0.3) is 10.9 Å². The first-order valence-electron chi connectivity index (χ1n) is 6.73. The summed E-state index contributed by atoms with van der Waals surface area (Å²) in [4.78, 5) is 12.1. The number of rotatable bonds is 3. The van der Waals surface area contributed by atoms with Crippen molar-refractivity contribution in [3.63, 3.8) is 0 Å². The van der Waals surface area contributed by atoms with Crippen molar-refractivity contribution >= 4 is 22.5 Å². The smallest absolute Gasteiger partial charge is 0.244 e. The molecule has 2 aromatic carbocycles. The van der Waals surface area contributed by atoms with Crippen molar-refractivity contribution < 1.29 is 9.18 Å². The number of aromatic nitrogens is 1. The molecule has 106 valence electrons. The lowest BCUT2D eigenvalue weighted by Crippen LogP contribution is -2.18. The van der Waals surface area contributed by atoms with E-state index in [-0.39, 0.29) is 18.3 Å². The van der Waals surface area contributed by atoms with Crippen molar-refractivity contribution in [1.82, 2.24) is 4.57 Å². The monoisotopic (exact) mass is 282 g/mol. The van der Waals surface area contributed by atoms with Crippen LogP contribution in [0.5, 0.6) is 0 Å². The van der Waals surface area contributed by atoms with Crippen LogP contribution in [-0.4, -0.2) is 10.5 Å². The predicted octanol–water partition coefficient (Wildman–Crippen LogP) is 3.73. The third-order valence-electron chi connectivity index (χ3n) is 3.45. The highest BCUT2D eigenvalue weighted by Crippen LogP contribution is 2.16. The Bertz CT molecular complexity index is 807. The standard InChI is InChI=1S/C17H15FN2O/c1-12-6-7-14(10-15(12)18)19-17(21)11-20-9-8-13-4-2-3-5-16(13)20/h2-10H,11H2,1H3,(H,19,21). The van der Waals surface area contributed by atoms with Crippen LogP contribution in [0.3, 0.4) is 0 Å². The van der Waals surface area contributed by atoms with Crippen molar-refractivity contribution in [3.8, 4) is 0 Å². The lowest BCUT2D eigenvalue weighted by atomic mass is 10.2. The number of anilines is 1. The van der Waals surface area contributed by atoms with Crippen LogP contribution < -0.4 is 5.32 Å². The number of nitrogens with one attached hydrogen (secondary N) is 1. The van der Waals surface area contributed by atoms with Crippen LogP contribution >= 0.6 is 0 Å². The van der Waals surface area contributed by atoms with E-state index in [1.54, 1.807) is 19.1 Å². The van der Waals surface area contributed by atoms with Crippen LogP contribution in [-0.2, 0) is 11.3 Å². The molecule has 0 aliphatic carbocycles. The van der Waals surface area contributed by atoms with E-state index in [1.807, 2.05) is 41.1 Å². The van der Waals surface area contributed by atoms with Crippen LogP contribution in [0.4, 0.5) is 10.1 Å².